The summed E-state index contributed by atoms with van der Waals surface area (Å²) in [5, 5.41) is 5.70. The van der Waals surface area contributed by atoms with Crippen LogP contribution in [0.3, 0.4) is 0 Å². The second kappa shape index (κ2) is 17.4. The molecule has 15 rings (SSSR count). The first-order valence-corrected chi connectivity index (χ1v) is 24.1. The summed E-state index contributed by atoms with van der Waals surface area (Å²) in [7, 11) is 0. The van der Waals surface area contributed by atoms with Gasteiger partial charge < -0.3 is 15.0 Å². The van der Waals surface area contributed by atoms with E-state index in [4.69, 9.17) is 24.9 Å². The van der Waals surface area contributed by atoms with Crippen LogP contribution in [0, 0.1) is 58.2 Å². The normalized spacial score (nSPS) is 12.1. The molecule has 0 N–H and O–H groups in total. The van der Waals surface area contributed by atoms with E-state index >= 15 is 43.9 Å². The number of halogens is 10. The fourth-order valence-electron chi connectivity index (χ4n) is 11.2. The molecule has 0 unspecified atom stereocenters. The fraction of sp³-hybridized carbons (Fsp3) is 0. The Morgan fingerprint density at radius 1 is 0.291 bits per heavy atom. The van der Waals surface area contributed by atoms with E-state index in [0.717, 1.165) is 0 Å². The van der Waals surface area contributed by atoms with Crippen LogP contribution in [-0.2, 0) is 21.1 Å². The quantitative estimate of drug-likeness (QED) is 0.0980. The first kappa shape index (κ1) is 48.2. The summed E-state index contributed by atoms with van der Waals surface area (Å²) >= 11 is 0. The summed E-state index contributed by atoms with van der Waals surface area (Å²) in [5.41, 5.74) is -4.29. The van der Waals surface area contributed by atoms with Gasteiger partial charge in [0.25, 0.3) is 0 Å². The number of aromatic nitrogens is 5. The van der Waals surface area contributed by atoms with Crippen molar-refractivity contribution in [2.45, 2.75) is 0 Å². The minimum absolute atomic E-state index is 0. The number of hydrogen-bond donors (Lipinski definition) is 0. The van der Waals surface area contributed by atoms with E-state index in [1.807, 2.05) is 0 Å². The molecule has 0 fully saturated rings. The summed E-state index contributed by atoms with van der Waals surface area (Å²) < 4.78 is 161. The Hall–Kier alpha value is -9.20. The van der Waals surface area contributed by atoms with Crippen molar-refractivity contribution in [3.8, 4) is 67.4 Å². The molecule has 0 spiro atoms. The summed E-state index contributed by atoms with van der Waals surface area (Å²) in [6, 6.07) is 43.0. The number of nitrogens with zero attached hydrogens (tertiary/aromatic N) is 5. The van der Waals surface area contributed by atoms with E-state index in [0.29, 0.717) is 54.0 Å². The van der Waals surface area contributed by atoms with Crippen molar-refractivity contribution >= 4 is 86.8 Å². The van der Waals surface area contributed by atoms with Crippen LogP contribution >= 0.6 is 0 Å². The zero-order valence-corrected chi connectivity index (χ0v) is 42.0. The molecule has 2 aliphatic heterocycles. The van der Waals surface area contributed by atoms with Gasteiger partial charge in [0.15, 0.2) is 46.5 Å². The molecule has 16 heteroatoms. The largest absolute Gasteiger partial charge is 2.00 e. The van der Waals surface area contributed by atoms with Gasteiger partial charge in [0, 0.05) is 33.4 Å². The van der Waals surface area contributed by atoms with Crippen LogP contribution < -0.4 is 9.97 Å². The van der Waals surface area contributed by atoms with Gasteiger partial charge in [0.1, 0.15) is 0 Å². The summed E-state index contributed by atoms with van der Waals surface area (Å²) in [6.45, 7) is 0. The molecule has 3 aromatic heterocycles. The van der Waals surface area contributed by atoms with Gasteiger partial charge in [-0.2, -0.15) is 0 Å². The van der Waals surface area contributed by atoms with Crippen LogP contribution in [0.5, 0.6) is 0 Å². The van der Waals surface area contributed by atoms with Crippen molar-refractivity contribution in [3.63, 3.8) is 0 Å². The average molecular weight is 1240 g/mol. The molecule has 0 aliphatic carbocycles. The molecule has 5 heterocycles. The molecule has 10 aromatic carbocycles. The molecule has 382 valence electrons. The van der Waals surface area contributed by atoms with Gasteiger partial charge >= 0.3 is 21.1 Å². The number of benzene rings is 10. The van der Waals surface area contributed by atoms with Crippen LogP contribution in [0.15, 0.2) is 152 Å². The second-order valence-electron chi connectivity index (χ2n) is 19.1. The van der Waals surface area contributed by atoms with Gasteiger partial charge in [-0.15, -0.1) is 11.0 Å². The Bertz CT molecular complexity index is 4750. The third-order valence-electron chi connectivity index (χ3n) is 14.8. The molecule has 0 saturated carbocycles. The standard InChI is InChI=1S/C63H25F10N5.Pt/c64-48-44(49(65)53(69)56(72)52(48)68)46-58-36-19-28-11-3-1-9-26(28)17-34(36)42(74-58)25-43-35-18-27-10-2-4-12-29(27)20-37(35)59(75-43)47(45-50(66)54(70)57(73)55(71)51(45)67)61-39-22-31-14-6-8-16-33(31)24-41(39)63(77-61)78-62-40-23-32-15-7-5-13-30(32)21-38(40)60(46)76-62;/h1-25H;/q-2;+2. The van der Waals surface area contributed by atoms with E-state index in [1.54, 1.807) is 146 Å². The van der Waals surface area contributed by atoms with Crippen molar-refractivity contribution in [3.05, 3.63) is 210 Å². The summed E-state index contributed by atoms with van der Waals surface area (Å²) in [6.07, 6.45) is 0. The van der Waals surface area contributed by atoms with Gasteiger partial charge in [-0.25, -0.2) is 48.9 Å². The molecule has 8 bridgehead atoms. The van der Waals surface area contributed by atoms with Crippen molar-refractivity contribution in [1.82, 2.24) is 24.9 Å². The smallest absolute Gasteiger partial charge is 0.656 e. The van der Waals surface area contributed by atoms with Crippen molar-refractivity contribution in [1.29, 1.82) is 0 Å². The molecular formula is C63H25F10N5Pt. The molecule has 13 aromatic rings. The second-order valence-corrected chi connectivity index (χ2v) is 19.1. The monoisotopic (exact) mass is 1240 g/mol. The average Bonchev–Trinajstić information content (AvgIpc) is 4.22. The Morgan fingerprint density at radius 3 is 1.10 bits per heavy atom. The Kier molecular flexibility index (Phi) is 10.6. The van der Waals surface area contributed by atoms with E-state index < -0.39 is 80.4 Å². The minimum atomic E-state index is -2.39. The van der Waals surface area contributed by atoms with E-state index in [1.165, 1.54) is 6.07 Å². The van der Waals surface area contributed by atoms with Crippen LogP contribution in [0.1, 0.15) is 0 Å². The maximum atomic E-state index is 16.9. The molecule has 2 aliphatic rings. The van der Waals surface area contributed by atoms with E-state index in [9.17, 15) is 0 Å². The maximum absolute atomic E-state index is 16.9. The van der Waals surface area contributed by atoms with Gasteiger partial charge in [0.2, 0.25) is 11.6 Å². The maximum Gasteiger partial charge on any atom is 2.00 e. The third-order valence-corrected chi connectivity index (χ3v) is 14.8. The minimum Gasteiger partial charge on any atom is -0.656 e. The van der Waals surface area contributed by atoms with Crippen molar-refractivity contribution < 1.29 is 65.0 Å². The molecule has 0 amide bonds. The van der Waals surface area contributed by atoms with Crippen LogP contribution in [0.2, 0.25) is 0 Å². The Balaban J connectivity index is 0.00000564. The third kappa shape index (κ3) is 6.91. The zero-order valence-electron chi connectivity index (χ0n) is 39.8. The molecule has 79 heavy (non-hydrogen) atoms. The number of hydrogen-bond acceptors (Lipinski definition) is 3. The van der Waals surface area contributed by atoms with Crippen LogP contribution in [0.4, 0.5) is 43.9 Å². The van der Waals surface area contributed by atoms with E-state index in [-0.39, 0.29) is 99.0 Å². The summed E-state index contributed by atoms with van der Waals surface area (Å²) in [5.74, 6) is -22.5. The van der Waals surface area contributed by atoms with Crippen molar-refractivity contribution in [2.75, 3.05) is 0 Å². The van der Waals surface area contributed by atoms with Gasteiger partial charge in [0.05, 0.1) is 34.0 Å². The zero-order chi connectivity index (χ0) is 53.2. The molecule has 0 radical (unpaired) electrons. The predicted molar refractivity (Wildman–Crippen MR) is 281 cm³/mol. The number of fused-ring (bicyclic) bond motifs is 24. The topological polar surface area (TPSA) is 66.9 Å². The molecule has 0 atom stereocenters. The van der Waals surface area contributed by atoms with Crippen LogP contribution in [-0.4, -0.2) is 15.0 Å². The summed E-state index contributed by atoms with van der Waals surface area (Å²) in [4.78, 5) is 25.0. The molecule has 5 nitrogen and oxygen atoms in total. The number of rotatable bonds is 2. The predicted octanol–water partition coefficient (Wildman–Crippen LogP) is 17.3. The Morgan fingerprint density at radius 2 is 0.633 bits per heavy atom. The SMILES string of the molecule is Fc1c(F)c(F)c(-c2c3nc(nc4[n-]c(c(-c5c(F)c(F)c(F)c(F)c5F)c5nc(cc6[n-]c2c2cc7ccccc7cc62)-c2cc6ccccc6cc2-5)c2cc5ccccc5cc42)-c2cc4ccccc4cc2-3)c(F)c1F.[Pt+2]. The molecule has 0 saturated heterocycles. The van der Waals surface area contributed by atoms with Gasteiger partial charge in [-0.1, -0.05) is 97.1 Å². The van der Waals surface area contributed by atoms with Gasteiger partial charge in [-0.05, 0) is 130 Å². The van der Waals surface area contributed by atoms with Crippen molar-refractivity contribution in [2.24, 2.45) is 0 Å². The fourth-order valence-corrected chi connectivity index (χ4v) is 11.2. The van der Waals surface area contributed by atoms with Gasteiger partial charge in [-0.3, -0.25) is 4.98 Å². The first-order valence-electron chi connectivity index (χ1n) is 24.1. The van der Waals surface area contributed by atoms with Crippen LogP contribution in [0.25, 0.3) is 154 Å². The first-order chi connectivity index (χ1) is 37.8. The van der Waals surface area contributed by atoms with E-state index in [2.05, 4.69) is 0 Å². The molecular weight excluding hydrogens is 1210 g/mol. The Labute approximate surface area is 451 Å².